The van der Waals surface area contributed by atoms with E-state index in [1.807, 2.05) is 0 Å². The lowest BCUT2D eigenvalue weighted by molar-refractivity contribution is -0.268. The number of aliphatic hydroxyl groups is 6. The zero-order valence-corrected chi connectivity index (χ0v) is 23.8. The SMILES string of the molecule is Cc1cc(OC2OC(C)C(O)C(O)C2O)c2c3c(c(OC4OC(C)C(O)C(O)C4O)cc2c1)C(=O)c1c(O)cccc1C3=O. The van der Waals surface area contributed by atoms with E-state index in [2.05, 4.69) is 0 Å². The predicted octanol–water partition coefficient (Wildman–Crippen LogP) is 0.0418. The topological polar surface area (TPSA) is 213 Å². The van der Waals surface area contributed by atoms with Crippen LogP contribution in [0, 0.1) is 6.92 Å². The van der Waals surface area contributed by atoms with E-state index in [0.717, 1.165) is 0 Å². The number of rotatable bonds is 4. The summed E-state index contributed by atoms with van der Waals surface area (Å²) in [6.45, 7) is 4.67. The first kappa shape index (κ1) is 30.4. The van der Waals surface area contributed by atoms with Crippen molar-refractivity contribution >= 4 is 22.3 Å². The fourth-order valence-electron chi connectivity index (χ4n) is 5.96. The number of hydrogen-bond donors (Lipinski definition) is 7. The quantitative estimate of drug-likeness (QED) is 0.162. The second-order valence-corrected chi connectivity index (χ2v) is 11.4. The van der Waals surface area contributed by atoms with Gasteiger partial charge < -0.3 is 54.7 Å². The summed E-state index contributed by atoms with van der Waals surface area (Å²) in [4.78, 5) is 28.2. The molecule has 0 bridgehead atoms. The lowest BCUT2D eigenvalue weighted by Gasteiger charge is -2.39. The molecule has 2 fully saturated rings. The highest BCUT2D eigenvalue weighted by atomic mass is 16.7. The fraction of sp³-hybridized carbons (Fsp3) is 0.419. The highest BCUT2D eigenvalue weighted by Gasteiger charge is 2.46. The number of fused-ring (bicyclic) bond motifs is 4. The van der Waals surface area contributed by atoms with E-state index in [1.165, 1.54) is 38.1 Å². The largest absolute Gasteiger partial charge is 0.507 e. The molecule has 234 valence electrons. The van der Waals surface area contributed by atoms with Crippen LogP contribution in [-0.4, -0.2) is 109 Å². The molecule has 10 atom stereocenters. The minimum atomic E-state index is -1.73. The van der Waals surface area contributed by atoms with Crippen LogP contribution >= 0.6 is 0 Å². The van der Waals surface area contributed by atoms with Gasteiger partial charge in [-0.25, -0.2) is 0 Å². The van der Waals surface area contributed by atoms with E-state index in [9.17, 15) is 45.3 Å². The van der Waals surface area contributed by atoms with Gasteiger partial charge in [-0.15, -0.1) is 0 Å². The second kappa shape index (κ2) is 11.1. The smallest absolute Gasteiger partial charge is 0.229 e. The number of hydrogen-bond acceptors (Lipinski definition) is 13. The number of aromatic hydroxyl groups is 1. The molecule has 3 aromatic carbocycles. The normalized spacial score (nSPS) is 33.6. The van der Waals surface area contributed by atoms with Gasteiger partial charge in [0.05, 0.1) is 23.3 Å². The average Bonchev–Trinajstić information content (AvgIpc) is 2.98. The molecule has 1 aliphatic carbocycles. The fourth-order valence-corrected chi connectivity index (χ4v) is 5.96. The summed E-state index contributed by atoms with van der Waals surface area (Å²) in [7, 11) is 0. The molecule has 0 radical (unpaired) electrons. The van der Waals surface area contributed by atoms with Crippen molar-refractivity contribution in [2.24, 2.45) is 0 Å². The summed E-state index contributed by atoms with van der Waals surface area (Å²) in [5.41, 5.74) is -0.202. The van der Waals surface area contributed by atoms with Gasteiger partial charge in [0.2, 0.25) is 18.4 Å². The Balaban J connectivity index is 1.55. The number of aliphatic hydroxyl groups excluding tert-OH is 6. The number of carbonyl (C=O) groups is 2. The maximum absolute atomic E-state index is 14.1. The van der Waals surface area contributed by atoms with Gasteiger partial charge in [-0.3, -0.25) is 9.59 Å². The molecule has 7 N–H and O–H groups in total. The standard InChI is InChI=1S/C31H32O13/c1-10-7-13-9-17(44-31-29(40)27(38)23(34)12(3)42-31)20-21(24(35)14-5-4-6-15(32)19(14)25(20)36)18(13)16(8-10)43-30-28(39)26(37)22(33)11(2)41-30/h4-9,11-12,22-23,26-34,37-40H,1-3H3. The third-order valence-corrected chi connectivity index (χ3v) is 8.38. The lowest BCUT2D eigenvalue weighted by Crippen LogP contribution is -2.58. The minimum Gasteiger partial charge on any atom is -0.507 e. The Morgan fingerprint density at radius 3 is 1.82 bits per heavy atom. The van der Waals surface area contributed by atoms with Gasteiger partial charge >= 0.3 is 0 Å². The Bertz CT molecular complexity index is 1650. The van der Waals surface area contributed by atoms with E-state index in [1.54, 1.807) is 19.1 Å². The first-order valence-electron chi connectivity index (χ1n) is 14.1. The van der Waals surface area contributed by atoms with E-state index in [-0.39, 0.29) is 39.1 Å². The van der Waals surface area contributed by atoms with Crippen LogP contribution in [0.4, 0.5) is 0 Å². The first-order chi connectivity index (χ1) is 20.8. The number of carbonyl (C=O) groups excluding carboxylic acids is 2. The first-order valence-corrected chi connectivity index (χ1v) is 14.1. The molecule has 44 heavy (non-hydrogen) atoms. The van der Waals surface area contributed by atoms with E-state index >= 15 is 0 Å². The lowest BCUT2D eigenvalue weighted by atomic mass is 9.80. The Morgan fingerprint density at radius 2 is 1.23 bits per heavy atom. The van der Waals surface area contributed by atoms with Crippen LogP contribution in [-0.2, 0) is 9.47 Å². The van der Waals surface area contributed by atoms with Crippen molar-refractivity contribution in [2.75, 3.05) is 0 Å². The van der Waals surface area contributed by atoms with Gasteiger partial charge in [0, 0.05) is 16.5 Å². The number of aryl methyl sites for hydroxylation is 1. The second-order valence-electron chi connectivity index (χ2n) is 11.4. The minimum absolute atomic E-state index is 0.00788. The van der Waals surface area contributed by atoms with Crippen molar-refractivity contribution in [2.45, 2.75) is 82.2 Å². The van der Waals surface area contributed by atoms with Gasteiger partial charge in [0.1, 0.15) is 53.9 Å². The van der Waals surface area contributed by atoms with Gasteiger partial charge in [-0.05, 0) is 49.9 Å². The maximum Gasteiger partial charge on any atom is 0.229 e. The van der Waals surface area contributed by atoms with Crippen LogP contribution in [0.25, 0.3) is 10.8 Å². The summed E-state index contributed by atoms with van der Waals surface area (Å²) in [6, 6.07) is 8.67. The molecule has 6 rings (SSSR count). The molecule has 0 spiro atoms. The Morgan fingerprint density at radius 1 is 0.659 bits per heavy atom. The summed E-state index contributed by atoms with van der Waals surface area (Å²) < 4.78 is 23.2. The molecule has 0 amide bonds. The number of phenolic OH excluding ortho intramolecular Hbond substituents is 1. The van der Waals surface area contributed by atoms with Gasteiger partial charge in [0.15, 0.2) is 5.78 Å². The summed E-state index contributed by atoms with van der Waals surface area (Å²) in [5, 5.41) is 73.2. The molecule has 2 saturated heterocycles. The third-order valence-electron chi connectivity index (χ3n) is 8.38. The monoisotopic (exact) mass is 612 g/mol. The molecule has 13 heteroatoms. The van der Waals surface area contributed by atoms with Crippen LogP contribution in [0.2, 0.25) is 0 Å². The van der Waals surface area contributed by atoms with Crippen molar-refractivity contribution in [3.63, 3.8) is 0 Å². The van der Waals surface area contributed by atoms with Crippen LogP contribution in [0.3, 0.4) is 0 Å². The molecule has 0 saturated carbocycles. The van der Waals surface area contributed by atoms with Gasteiger partial charge in [0.25, 0.3) is 0 Å². The van der Waals surface area contributed by atoms with Crippen molar-refractivity contribution < 1.29 is 64.3 Å². The van der Waals surface area contributed by atoms with Crippen LogP contribution < -0.4 is 9.47 Å². The van der Waals surface area contributed by atoms with E-state index in [0.29, 0.717) is 10.9 Å². The molecule has 10 unspecified atom stereocenters. The molecule has 13 nitrogen and oxygen atoms in total. The third kappa shape index (κ3) is 4.73. The van der Waals surface area contributed by atoms with Crippen molar-refractivity contribution in [1.82, 2.24) is 0 Å². The summed E-state index contributed by atoms with van der Waals surface area (Å²) >= 11 is 0. The molecule has 0 aromatic heterocycles. The zero-order valence-electron chi connectivity index (χ0n) is 23.8. The molecule has 3 aromatic rings. The van der Waals surface area contributed by atoms with Crippen LogP contribution in [0.1, 0.15) is 51.3 Å². The number of benzene rings is 3. The van der Waals surface area contributed by atoms with E-state index < -0.39 is 78.7 Å². The number of ether oxygens (including phenoxy) is 4. The van der Waals surface area contributed by atoms with Crippen molar-refractivity contribution in [1.29, 1.82) is 0 Å². The average molecular weight is 613 g/mol. The molecule has 3 aliphatic rings. The Kier molecular flexibility index (Phi) is 7.63. The molecular formula is C31H32O13. The number of phenols is 1. The van der Waals surface area contributed by atoms with Crippen LogP contribution in [0.15, 0.2) is 36.4 Å². The van der Waals surface area contributed by atoms with Gasteiger partial charge in [-0.2, -0.15) is 0 Å². The summed E-state index contributed by atoms with van der Waals surface area (Å²) in [6.07, 6.45) is -14.3. The highest BCUT2D eigenvalue weighted by molar-refractivity contribution is 6.34. The zero-order chi connectivity index (χ0) is 31.8. The van der Waals surface area contributed by atoms with Gasteiger partial charge in [-0.1, -0.05) is 18.2 Å². The number of ketones is 2. The highest BCUT2D eigenvalue weighted by Crippen LogP contribution is 2.45. The molecular weight excluding hydrogens is 580 g/mol. The van der Waals surface area contributed by atoms with Crippen LogP contribution in [0.5, 0.6) is 17.2 Å². The summed E-state index contributed by atoms with van der Waals surface area (Å²) in [5.74, 6) is -2.10. The molecule has 2 heterocycles. The van der Waals surface area contributed by atoms with Crippen molar-refractivity contribution in [3.05, 3.63) is 64.2 Å². The Labute approximate surface area is 250 Å². The van der Waals surface area contributed by atoms with E-state index in [4.69, 9.17) is 18.9 Å². The Hall–Kier alpha value is -3.66. The predicted molar refractivity (Wildman–Crippen MR) is 150 cm³/mol. The maximum atomic E-state index is 14.1. The molecule has 2 aliphatic heterocycles. The van der Waals surface area contributed by atoms with Crippen molar-refractivity contribution in [3.8, 4) is 17.2 Å².